The molecule has 3 rings (SSSR count). The topological polar surface area (TPSA) is 106 Å². The molecule has 0 aliphatic rings. The highest BCUT2D eigenvalue weighted by atomic mass is 15.0. The number of nitrogens with one attached hydrogen (secondary N) is 1. The van der Waals surface area contributed by atoms with E-state index in [2.05, 4.69) is 19.9 Å². The molecule has 0 radical (unpaired) electrons. The number of para-hydroxylation sites is 2. The first-order valence-electron chi connectivity index (χ1n) is 6.00. The van der Waals surface area contributed by atoms with E-state index in [1.54, 1.807) is 6.20 Å². The Morgan fingerprint density at radius 2 is 2.00 bits per heavy atom. The second-order valence-corrected chi connectivity index (χ2v) is 4.28. The molecule has 0 unspecified atom stereocenters. The number of hydrogen-bond donors (Lipinski definition) is 3. The van der Waals surface area contributed by atoms with Crippen LogP contribution in [0.5, 0.6) is 0 Å². The van der Waals surface area contributed by atoms with Crippen molar-refractivity contribution in [2.24, 2.45) is 5.73 Å². The highest BCUT2D eigenvalue weighted by molar-refractivity contribution is 5.74. The van der Waals surface area contributed by atoms with Crippen molar-refractivity contribution in [2.75, 3.05) is 5.73 Å². The predicted molar refractivity (Wildman–Crippen MR) is 73.2 cm³/mol. The molecule has 0 amide bonds. The minimum absolute atomic E-state index is 0.344. The van der Waals surface area contributed by atoms with Crippen LogP contribution in [0.3, 0.4) is 0 Å². The van der Waals surface area contributed by atoms with Crippen LogP contribution in [0.4, 0.5) is 5.82 Å². The number of nitrogens with two attached hydrogens (primary N) is 2. The highest BCUT2D eigenvalue weighted by Crippen LogP contribution is 2.13. The summed E-state index contributed by atoms with van der Waals surface area (Å²) < 4.78 is 0. The van der Waals surface area contributed by atoms with Gasteiger partial charge in [-0.25, -0.2) is 15.0 Å². The van der Waals surface area contributed by atoms with Crippen molar-refractivity contribution >= 4 is 16.9 Å². The van der Waals surface area contributed by atoms with E-state index in [1.165, 1.54) is 0 Å². The largest absolute Gasteiger partial charge is 0.383 e. The van der Waals surface area contributed by atoms with Crippen molar-refractivity contribution in [1.29, 1.82) is 0 Å². The van der Waals surface area contributed by atoms with Gasteiger partial charge in [0, 0.05) is 18.3 Å². The zero-order valence-electron chi connectivity index (χ0n) is 10.3. The second kappa shape index (κ2) is 4.66. The maximum Gasteiger partial charge on any atom is 0.138 e. The fourth-order valence-corrected chi connectivity index (χ4v) is 1.94. The quantitative estimate of drug-likeness (QED) is 0.646. The van der Waals surface area contributed by atoms with Gasteiger partial charge in [0.15, 0.2) is 0 Å². The average molecular weight is 254 g/mol. The van der Waals surface area contributed by atoms with E-state index in [-0.39, 0.29) is 0 Å². The van der Waals surface area contributed by atoms with Gasteiger partial charge in [-0.1, -0.05) is 12.1 Å². The van der Waals surface area contributed by atoms with Gasteiger partial charge in [-0.2, -0.15) is 0 Å². The molecule has 1 aromatic carbocycles. The maximum atomic E-state index is 5.80. The molecule has 6 heteroatoms. The SMILES string of the molecule is NCc1cnc(Cc2nc3ccccc3[nH]2)nc1N. The number of imidazole rings is 1. The molecule has 0 spiro atoms. The van der Waals surface area contributed by atoms with Crippen LogP contribution in [-0.2, 0) is 13.0 Å². The highest BCUT2D eigenvalue weighted by Gasteiger charge is 2.07. The number of hydrogen-bond acceptors (Lipinski definition) is 5. The van der Waals surface area contributed by atoms with Crippen molar-refractivity contribution in [1.82, 2.24) is 19.9 Å². The summed E-state index contributed by atoms with van der Waals surface area (Å²) in [7, 11) is 0. The van der Waals surface area contributed by atoms with Gasteiger partial charge < -0.3 is 16.5 Å². The molecular formula is C13H14N6. The Bertz CT molecular complexity index is 685. The average Bonchev–Trinajstić information content (AvgIpc) is 2.81. The molecular weight excluding hydrogens is 240 g/mol. The first-order chi connectivity index (χ1) is 9.26. The normalized spacial score (nSPS) is 11.0. The van der Waals surface area contributed by atoms with E-state index in [4.69, 9.17) is 11.5 Å². The third kappa shape index (κ3) is 2.25. The van der Waals surface area contributed by atoms with Gasteiger partial charge in [-0.3, -0.25) is 0 Å². The van der Waals surface area contributed by atoms with E-state index in [0.717, 1.165) is 22.4 Å². The van der Waals surface area contributed by atoms with Crippen molar-refractivity contribution < 1.29 is 0 Å². The first kappa shape index (κ1) is 11.6. The number of benzene rings is 1. The molecule has 0 saturated heterocycles. The Kier molecular flexibility index (Phi) is 2.85. The van der Waals surface area contributed by atoms with Crippen molar-refractivity contribution in [2.45, 2.75) is 13.0 Å². The summed E-state index contributed by atoms with van der Waals surface area (Å²) in [5.74, 6) is 1.89. The number of nitrogens with zero attached hydrogens (tertiary/aromatic N) is 3. The van der Waals surface area contributed by atoms with Crippen molar-refractivity contribution in [3.63, 3.8) is 0 Å². The lowest BCUT2D eigenvalue weighted by molar-refractivity contribution is 0.900. The van der Waals surface area contributed by atoms with Gasteiger partial charge >= 0.3 is 0 Å². The van der Waals surface area contributed by atoms with Crippen LogP contribution < -0.4 is 11.5 Å². The first-order valence-corrected chi connectivity index (χ1v) is 6.00. The Balaban J connectivity index is 1.90. The standard InChI is InChI=1S/C13H14N6/c14-6-8-7-16-11(19-13(8)15)5-12-17-9-3-1-2-4-10(9)18-12/h1-4,7H,5-6,14H2,(H,17,18)(H2,15,16,19). The number of fused-ring (bicyclic) bond motifs is 1. The van der Waals surface area contributed by atoms with Gasteiger partial charge in [0.25, 0.3) is 0 Å². The van der Waals surface area contributed by atoms with E-state index in [9.17, 15) is 0 Å². The molecule has 0 aliphatic carbocycles. The molecule has 5 N–H and O–H groups in total. The Morgan fingerprint density at radius 3 is 2.74 bits per heavy atom. The van der Waals surface area contributed by atoms with Crippen LogP contribution in [0, 0.1) is 0 Å². The maximum absolute atomic E-state index is 5.80. The van der Waals surface area contributed by atoms with Gasteiger partial charge in [-0.05, 0) is 12.1 Å². The van der Waals surface area contributed by atoms with E-state index < -0.39 is 0 Å². The zero-order valence-corrected chi connectivity index (χ0v) is 10.3. The van der Waals surface area contributed by atoms with Gasteiger partial charge in [0.2, 0.25) is 0 Å². The molecule has 19 heavy (non-hydrogen) atoms. The Morgan fingerprint density at radius 1 is 1.16 bits per heavy atom. The van der Waals surface area contributed by atoms with Crippen molar-refractivity contribution in [3.05, 3.63) is 47.7 Å². The summed E-state index contributed by atoms with van der Waals surface area (Å²) in [6.07, 6.45) is 2.18. The minimum atomic E-state index is 0.344. The molecule has 0 fully saturated rings. The van der Waals surface area contributed by atoms with Crippen LogP contribution in [0.2, 0.25) is 0 Å². The Hall–Kier alpha value is -2.47. The molecule has 0 atom stereocenters. The lowest BCUT2D eigenvalue weighted by Crippen LogP contribution is -2.08. The second-order valence-electron chi connectivity index (χ2n) is 4.28. The predicted octanol–water partition coefficient (Wildman–Crippen LogP) is 0.985. The van der Waals surface area contributed by atoms with Crippen LogP contribution in [0.1, 0.15) is 17.2 Å². The smallest absolute Gasteiger partial charge is 0.138 e. The summed E-state index contributed by atoms with van der Waals surface area (Å²) in [5.41, 5.74) is 14.0. The number of aromatic nitrogens is 4. The number of anilines is 1. The molecule has 0 bridgehead atoms. The van der Waals surface area contributed by atoms with Crippen LogP contribution in [0.15, 0.2) is 30.5 Å². The fraction of sp³-hybridized carbons (Fsp3) is 0.154. The summed E-state index contributed by atoms with van der Waals surface area (Å²) in [4.78, 5) is 16.2. The molecule has 2 heterocycles. The molecule has 3 aromatic rings. The Labute approximate surface area is 109 Å². The van der Waals surface area contributed by atoms with Crippen molar-refractivity contribution in [3.8, 4) is 0 Å². The van der Waals surface area contributed by atoms with Crippen LogP contribution in [-0.4, -0.2) is 19.9 Å². The van der Waals surface area contributed by atoms with Gasteiger partial charge in [-0.15, -0.1) is 0 Å². The zero-order chi connectivity index (χ0) is 13.2. The van der Waals surface area contributed by atoms with E-state index in [0.29, 0.717) is 24.6 Å². The number of aromatic amines is 1. The summed E-state index contributed by atoms with van der Waals surface area (Å²) in [5, 5.41) is 0. The van der Waals surface area contributed by atoms with Gasteiger partial charge in [0.1, 0.15) is 17.5 Å². The van der Waals surface area contributed by atoms with E-state index >= 15 is 0 Å². The molecule has 6 nitrogen and oxygen atoms in total. The molecule has 96 valence electrons. The molecule has 2 aromatic heterocycles. The number of H-pyrrole nitrogens is 1. The lowest BCUT2D eigenvalue weighted by Gasteiger charge is -2.03. The lowest BCUT2D eigenvalue weighted by atomic mass is 10.3. The third-order valence-corrected chi connectivity index (χ3v) is 2.93. The molecule has 0 saturated carbocycles. The molecule has 0 aliphatic heterocycles. The van der Waals surface area contributed by atoms with Crippen LogP contribution in [0.25, 0.3) is 11.0 Å². The summed E-state index contributed by atoms with van der Waals surface area (Å²) in [6.45, 7) is 0.344. The number of rotatable bonds is 3. The minimum Gasteiger partial charge on any atom is -0.383 e. The third-order valence-electron chi connectivity index (χ3n) is 2.93. The fourth-order valence-electron chi connectivity index (χ4n) is 1.94. The van der Waals surface area contributed by atoms with E-state index in [1.807, 2.05) is 24.3 Å². The number of nitrogen functional groups attached to an aromatic ring is 1. The summed E-state index contributed by atoms with van der Waals surface area (Å²) in [6, 6.07) is 7.87. The van der Waals surface area contributed by atoms with Crippen LogP contribution >= 0.6 is 0 Å². The monoisotopic (exact) mass is 254 g/mol. The van der Waals surface area contributed by atoms with Gasteiger partial charge in [0.05, 0.1) is 17.5 Å². The summed E-state index contributed by atoms with van der Waals surface area (Å²) >= 11 is 0.